The van der Waals surface area contributed by atoms with Crippen LogP contribution >= 0.6 is 11.6 Å². The molecule has 0 spiro atoms. The molecule has 104 valence electrons. The zero-order chi connectivity index (χ0) is 14.5. The number of hydrogen-bond acceptors (Lipinski definition) is 3. The molecule has 0 aliphatic heterocycles. The van der Waals surface area contributed by atoms with E-state index in [1.54, 1.807) is 24.3 Å². The Morgan fingerprint density at radius 1 is 1.25 bits per heavy atom. The maximum absolute atomic E-state index is 9.07. The normalized spacial score (nSPS) is 10.3. The SMILES string of the molecule is N=C(N)c1ccc(COc2cccc(CO)c2)c(Cl)c1. The highest BCUT2D eigenvalue weighted by Crippen LogP contribution is 2.21. The summed E-state index contributed by atoms with van der Waals surface area (Å²) in [6, 6.07) is 12.4. The molecule has 0 fully saturated rings. The molecule has 2 aromatic carbocycles. The van der Waals surface area contributed by atoms with Crippen LogP contribution in [0, 0.1) is 5.41 Å². The van der Waals surface area contributed by atoms with E-state index in [-0.39, 0.29) is 12.4 Å². The standard InChI is InChI=1S/C15H15ClN2O2/c16-14-7-11(15(17)18)4-5-12(14)9-20-13-3-1-2-10(6-13)8-19/h1-7,19H,8-9H2,(H3,17,18). The van der Waals surface area contributed by atoms with Crippen molar-refractivity contribution in [2.24, 2.45) is 5.73 Å². The van der Waals surface area contributed by atoms with Gasteiger partial charge in [0, 0.05) is 16.1 Å². The monoisotopic (exact) mass is 290 g/mol. The highest BCUT2D eigenvalue weighted by atomic mass is 35.5. The van der Waals surface area contributed by atoms with Crippen molar-refractivity contribution in [1.29, 1.82) is 5.41 Å². The predicted octanol–water partition coefficient (Wildman–Crippen LogP) is 2.70. The Hall–Kier alpha value is -2.04. The summed E-state index contributed by atoms with van der Waals surface area (Å²) >= 11 is 6.13. The molecule has 5 heteroatoms. The maximum Gasteiger partial charge on any atom is 0.122 e. The number of benzene rings is 2. The quantitative estimate of drug-likeness (QED) is 0.585. The molecular weight excluding hydrogens is 276 g/mol. The number of aliphatic hydroxyl groups is 1. The average molecular weight is 291 g/mol. The van der Waals surface area contributed by atoms with Crippen molar-refractivity contribution in [2.45, 2.75) is 13.2 Å². The average Bonchev–Trinajstić information content (AvgIpc) is 2.46. The third-order valence-electron chi connectivity index (χ3n) is 2.84. The van der Waals surface area contributed by atoms with Crippen molar-refractivity contribution < 1.29 is 9.84 Å². The van der Waals surface area contributed by atoms with Gasteiger partial charge in [0.25, 0.3) is 0 Å². The van der Waals surface area contributed by atoms with Gasteiger partial charge in [-0.15, -0.1) is 0 Å². The van der Waals surface area contributed by atoms with Crippen LogP contribution in [0.4, 0.5) is 0 Å². The Labute approximate surface area is 122 Å². The first-order valence-electron chi connectivity index (χ1n) is 6.05. The fourth-order valence-corrected chi connectivity index (χ4v) is 1.96. The van der Waals surface area contributed by atoms with Gasteiger partial charge in [-0.2, -0.15) is 0 Å². The molecule has 20 heavy (non-hydrogen) atoms. The zero-order valence-corrected chi connectivity index (χ0v) is 11.5. The molecule has 0 bridgehead atoms. The molecule has 0 unspecified atom stereocenters. The van der Waals surface area contributed by atoms with Crippen LogP contribution in [0.5, 0.6) is 5.75 Å². The van der Waals surface area contributed by atoms with Crippen LogP contribution in [0.1, 0.15) is 16.7 Å². The minimum absolute atomic E-state index is 0.0185. The van der Waals surface area contributed by atoms with Crippen molar-refractivity contribution in [1.82, 2.24) is 0 Å². The number of aliphatic hydroxyl groups excluding tert-OH is 1. The van der Waals surface area contributed by atoms with Gasteiger partial charge < -0.3 is 15.6 Å². The third kappa shape index (κ3) is 3.50. The number of rotatable bonds is 5. The molecule has 0 aliphatic rings. The molecule has 0 atom stereocenters. The fraction of sp³-hybridized carbons (Fsp3) is 0.133. The van der Waals surface area contributed by atoms with E-state index in [1.807, 2.05) is 18.2 Å². The minimum atomic E-state index is -0.0226. The number of nitrogens with one attached hydrogen (secondary N) is 1. The van der Waals surface area contributed by atoms with Gasteiger partial charge in [-0.3, -0.25) is 5.41 Å². The van der Waals surface area contributed by atoms with Gasteiger partial charge in [0.1, 0.15) is 18.2 Å². The van der Waals surface area contributed by atoms with Gasteiger partial charge in [-0.25, -0.2) is 0 Å². The van der Waals surface area contributed by atoms with E-state index in [2.05, 4.69) is 0 Å². The van der Waals surface area contributed by atoms with Crippen molar-refractivity contribution >= 4 is 17.4 Å². The van der Waals surface area contributed by atoms with Crippen LogP contribution in [0.3, 0.4) is 0 Å². The first kappa shape index (κ1) is 14.4. The molecule has 0 saturated carbocycles. The molecule has 0 saturated heterocycles. The smallest absolute Gasteiger partial charge is 0.122 e. The molecule has 0 heterocycles. The van der Waals surface area contributed by atoms with E-state index in [4.69, 9.17) is 32.6 Å². The van der Waals surface area contributed by atoms with Crippen LogP contribution in [0.15, 0.2) is 42.5 Å². The van der Waals surface area contributed by atoms with Crippen molar-refractivity contribution in [2.75, 3.05) is 0 Å². The summed E-state index contributed by atoms with van der Waals surface area (Å²) in [5, 5.41) is 16.9. The van der Waals surface area contributed by atoms with Gasteiger partial charge in [0.05, 0.1) is 6.61 Å². The fourth-order valence-electron chi connectivity index (χ4n) is 1.73. The third-order valence-corrected chi connectivity index (χ3v) is 3.19. The van der Waals surface area contributed by atoms with Gasteiger partial charge in [-0.05, 0) is 23.8 Å². The Bertz CT molecular complexity index is 629. The number of nitrogen functional groups attached to an aromatic ring is 1. The van der Waals surface area contributed by atoms with Crippen molar-refractivity contribution in [3.05, 3.63) is 64.2 Å². The molecular formula is C15H15ClN2O2. The van der Waals surface area contributed by atoms with Gasteiger partial charge in [0.15, 0.2) is 0 Å². The minimum Gasteiger partial charge on any atom is -0.489 e. The molecule has 0 aromatic heterocycles. The van der Waals surface area contributed by atoms with E-state index < -0.39 is 0 Å². The van der Waals surface area contributed by atoms with E-state index in [1.165, 1.54) is 0 Å². The summed E-state index contributed by atoms with van der Waals surface area (Å²) in [6.07, 6.45) is 0. The lowest BCUT2D eigenvalue weighted by atomic mass is 10.1. The second kappa shape index (κ2) is 6.41. The van der Waals surface area contributed by atoms with E-state index in [9.17, 15) is 0 Å². The first-order chi connectivity index (χ1) is 9.60. The highest BCUT2D eigenvalue weighted by molar-refractivity contribution is 6.31. The van der Waals surface area contributed by atoms with Crippen LogP contribution in [0.2, 0.25) is 5.02 Å². The van der Waals surface area contributed by atoms with Crippen LogP contribution in [-0.4, -0.2) is 10.9 Å². The summed E-state index contributed by atoms with van der Waals surface area (Å²) in [4.78, 5) is 0. The van der Waals surface area contributed by atoms with Gasteiger partial charge >= 0.3 is 0 Å². The predicted molar refractivity (Wildman–Crippen MR) is 79.2 cm³/mol. The summed E-state index contributed by atoms with van der Waals surface area (Å²) in [5.41, 5.74) is 7.59. The van der Waals surface area contributed by atoms with Crippen molar-refractivity contribution in [3.63, 3.8) is 0 Å². The van der Waals surface area contributed by atoms with E-state index >= 15 is 0 Å². The lowest BCUT2D eigenvalue weighted by Gasteiger charge is -2.09. The molecule has 0 amide bonds. The molecule has 2 rings (SSSR count). The van der Waals surface area contributed by atoms with Gasteiger partial charge in [-0.1, -0.05) is 35.9 Å². The van der Waals surface area contributed by atoms with Crippen molar-refractivity contribution in [3.8, 4) is 5.75 Å². The number of halogens is 1. The summed E-state index contributed by atoms with van der Waals surface area (Å²) in [6.45, 7) is 0.289. The maximum atomic E-state index is 9.07. The summed E-state index contributed by atoms with van der Waals surface area (Å²) < 4.78 is 5.64. The Balaban J connectivity index is 2.08. The topological polar surface area (TPSA) is 79.3 Å². The van der Waals surface area contributed by atoms with E-state index in [0.717, 1.165) is 11.1 Å². The molecule has 2 aromatic rings. The number of nitrogens with two attached hydrogens (primary N) is 1. The Morgan fingerprint density at radius 2 is 2.05 bits per heavy atom. The van der Waals surface area contributed by atoms with Crippen LogP contribution in [-0.2, 0) is 13.2 Å². The Kier molecular flexibility index (Phi) is 4.61. The van der Waals surface area contributed by atoms with Gasteiger partial charge in [0.2, 0.25) is 0 Å². The molecule has 4 nitrogen and oxygen atoms in total. The van der Waals surface area contributed by atoms with Crippen LogP contribution < -0.4 is 10.5 Å². The zero-order valence-electron chi connectivity index (χ0n) is 10.8. The lowest BCUT2D eigenvalue weighted by Crippen LogP contribution is -2.11. The number of amidine groups is 1. The molecule has 0 aliphatic carbocycles. The second-order valence-corrected chi connectivity index (χ2v) is 4.72. The summed E-state index contributed by atoms with van der Waals surface area (Å²) in [7, 11) is 0. The lowest BCUT2D eigenvalue weighted by molar-refractivity contribution is 0.278. The molecule has 4 N–H and O–H groups in total. The largest absolute Gasteiger partial charge is 0.489 e. The molecule has 0 radical (unpaired) electrons. The van der Waals surface area contributed by atoms with Crippen LogP contribution in [0.25, 0.3) is 0 Å². The first-order valence-corrected chi connectivity index (χ1v) is 6.43. The second-order valence-electron chi connectivity index (χ2n) is 4.31. The summed E-state index contributed by atoms with van der Waals surface area (Å²) in [5.74, 6) is 0.651. The number of hydrogen-bond donors (Lipinski definition) is 3. The number of ether oxygens (including phenoxy) is 1. The van der Waals surface area contributed by atoms with E-state index in [0.29, 0.717) is 22.9 Å². The Morgan fingerprint density at radius 3 is 2.70 bits per heavy atom. The highest BCUT2D eigenvalue weighted by Gasteiger charge is 2.05.